The molecule has 1 N–H and O–H groups in total. The molecule has 2 nitrogen and oxygen atoms in total. The summed E-state index contributed by atoms with van der Waals surface area (Å²) < 4.78 is 14.4. The van der Waals surface area contributed by atoms with Crippen LogP contribution in [0.4, 0.5) is 15.8 Å². The molecule has 20 heavy (non-hydrogen) atoms. The molecule has 4 heteroatoms. The van der Waals surface area contributed by atoms with E-state index in [1.54, 1.807) is 6.07 Å². The highest BCUT2D eigenvalue weighted by Gasteiger charge is 2.32. The summed E-state index contributed by atoms with van der Waals surface area (Å²) in [5.74, 6) is -0.204. The SMILES string of the molecule is Fc1cc2c(cc1Br)NCC1c3ccccc3CCN21. The first-order chi connectivity index (χ1) is 9.74. The third-order valence-corrected chi connectivity index (χ3v) is 4.85. The molecule has 0 amide bonds. The monoisotopic (exact) mass is 332 g/mol. The van der Waals surface area contributed by atoms with E-state index in [9.17, 15) is 4.39 Å². The summed E-state index contributed by atoms with van der Waals surface area (Å²) in [6, 6.07) is 12.3. The Bertz CT molecular complexity index is 686. The van der Waals surface area contributed by atoms with Crippen LogP contribution in [0.2, 0.25) is 0 Å². The van der Waals surface area contributed by atoms with E-state index < -0.39 is 0 Å². The van der Waals surface area contributed by atoms with Gasteiger partial charge in [0, 0.05) is 19.2 Å². The normalized spacial score (nSPS) is 19.7. The zero-order valence-electron chi connectivity index (χ0n) is 10.9. The Balaban J connectivity index is 1.82. The molecule has 0 bridgehead atoms. The summed E-state index contributed by atoms with van der Waals surface area (Å²) in [6.45, 7) is 1.81. The summed E-state index contributed by atoms with van der Waals surface area (Å²) in [5, 5.41) is 3.43. The van der Waals surface area contributed by atoms with Crippen LogP contribution in [0.3, 0.4) is 0 Å². The maximum absolute atomic E-state index is 13.9. The maximum atomic E-state index is 13.9. The topological polar surface area (TPSA) is 15.3 Å². The molecule has 0 saturated carbocycles. The van der Waals surface area contributed by atoms with Gasteiger partial charge in [-0.05, 0) is 39.5 Å². The average molecular weight is 333 g/mol. The largest absolute Gasteiger partial charge is 0.381 e. The van der Waals surface area contributed by atoms with E-state index >= 15 is 0 Å². The van der Waals surface area contributed by atoms with Gasteiger partial charge in [0.25, 0.3) is 0 Å². The predicted molar refractivity (Wildman–Crippen MR) is 82.8 cm³/mol. The number of nitrogens with one attached hydrogen (secondary N) is 1. The Morgan fingerprint density at radius 2 is 2.10 bits per heavy atom. The summed E-state index contributed by atoms with van der Waals surface area (Å²) in [6.07, 6.45) is 1.02. The lowest BCUT2D eigenvalue weighted by Crippen LogP contribution is -2.42. The van der Waals surface area contributed by atoms with Crippen molar-refractivity contribution >= 4 is 27.3 Å². The average Bonchev–Trinajstić information content (AvgIpc) is 2.48. The van der Waals surface area contributed by atoms with E-state index in [4.69, 9.17) is 0 Å². The molecule has 0 aromatic heterocycles. The molecule has 2 aromatic carbocycles. The minimum Gasteiger partial charge on any atom is -0.381 e. The van der Waals surface area contributed by atoms with Gasteiger partial charge >= 0.3 is 0 Å². The van der Waals surface area contributed by atoms with Gasteiger partial charge in [-0.2, -0.15) is 0 Å². The van der Waals surface area contributed by atoms with Crippen molar-refractivity contribution in [3.05, 3.63) is 57.8 Å². The molecule has 2 aliphatic heterocycles. The molecular weight excluding hydrogens is 319 g/mol. The Morgan fingerprint density at radius 3 is 3.00 bits per heavy atom. The van der Waals surface area contributed by atoms with Crippen LogP contribution in [-0.2, 0) is 6.42 Å². The fraction of sp³-hybridized carbons (Fsp3) is 0.250. The van der Waals surface area contributed by atoms with Gasteiger partial charge in [0.2, 0.25) is 0 Å². The molecule has 2 aromatic rings. The second kappa shape index (κ2) is 4.48. The second-order valence-electron chi connectivity index (χ2n) is 5.32. The van der Waals surface area contributed by atoms with Gasteiger partial charge in [0.1, 0.15) is 5.82 Å². The minimum absolute atomic E-state index is 0.204. The van der Waals surface area contributed by atoms with Crippen LogP contribution >= 0.6 is 15.9 Å². The molecule has 1 unspecified atom stereocenters. The molecule has 0 saturated heterocycles. The Morgan fingerprint density at radius 1 is 1.25 bits per heavy atom. The lowest BCUT2D eigenvalue weighted by molar-refractivity contribution is 0.581. The Labute approximate surface area is 125 Å². The van der Waals surface area contributed by atoms with Crippen molar-refractivity contribution in [1.82, 2.24) is 0 Å². The third-order valence-electron chi connectivity index (χ3n) is 4.25. The number of hydrogen-bond donors (Lipinski definition) is 1. The number of hydrogen-bond acceptors (Lipinski definition) is 2. The molecule has 0 aliphatic carbocycles. The van der Waals surface area contributed by atoms with E-state index in [0.29, 0.717) is 10.5 Å². The van der Waals surface area contributed by atoms with Crippen LogP contribution in [0.25, 0.3) is 0 Å². The molecule has 2 heterocycles. The number of halogens is 2. The standard InChI is InChI=1S/C16H14BrFN2/c17-12-7-14-15(8-13(12)18)20-6-5-10-3-1-2-4-11(10)16(20)9-19-14/h1-4,7-8,16,19H,5-6,9H2. The van der Waals surface area contributed by atoms with E-state index in [-0.39, 0.29) is 5.82 Å². The molecule has 1 atom stereocenters. The van der Waals surface area contributed by atoms with Gasteiger partial charge in [-0.15, -0.1) is 0 Å². The predicted octanol–water partition coefficient (Wildman–Crippen LogP) is 4.12. The molecule has 2 aliphatic rings. The third kappa shape index (κ3) is 1.74. The number of anilines is 2. The van der Waals surface area contributed by atoms with Crippen molar-refractivity contribution in [2.45, 2.75) is 12.5 Å². The molecular formula is C16H14BrFN2. The first-order valence-electron chi connectivity index (χ1n) is 6.81. The van der Waals surface area contributed by atoms with Gasteiger partial charge < -0.3 is 10.2 Å². The number of rotatable bonds is 0. The summed E-state index contributed by atoms with van der Waals surface area (Å²) in [5.41, 5.74) is 4.75. The Kier molecular flexibility index (Phi) is 2.74. The van der Waals surface area contributed by atoms with E-state index in [1.807, 2.05) is 6.07 Å². The number of nitrogens with zero attached hydrogens (tertiary/aromatic N) is 1. The van der Waals surface area contributed by atoms with Crippen molar-refractivity contribution in [1.29, 1.82) is 0 Å². The van der Waals surface area contributed by atoms with Gasteiger partial charge in [-0.25, -0.2) is 4.39 Å². The molecule has 102 valence electrons. The number of fused-ring (bicyclic) bond motifs is 5. The summed E-state index contributed by atoms with van der Waals surface area (Å²) in [4.78, 5) is 2.32. The zero-order chi connectivity index (χ0) is 13.7. The van der Waals surface area contributed by atoms with Crippen molar-refractivity contribution in [2.75, 3.05) is 23.3 Å². The highest BCUT2D eigenvalue weighted by atomic mass is 79.9. The lowest BCUT2D eigenvalue weighted by atomic mass is 9.90. The van der Waals surface area contributed by atoms with E-state index in [2.05, 4.69) is 50.4 Å². The van der Waals surface area contributed by atoms with Crippen LogP contribution in [0.1, 0.15) is 17.2 Å². The van der Waals surface area contributed by atoms with Crippen molar-refractivity contribution in [3.8, 4) is 0 Å². The molecule has 0 fully saturated rings. The first kappa shape index (κ1) is 12.2. The van der Waals surface area contributed by atoms with Crippen LogP contribution in [-0.4, -0.2) is 13.1 Å². The van der Waals surface area contributed by atoms with Crippen LogP contribution < -0.4 is 10.2 Å². The molecule has 0 radical (unpaired) electrons. The van der Waals surface area contributed by atoms with Crippen molar-refractivity contribution < 1.29 is 4.39 Å². The fourth-order valence-electron chi connectivity index (χ4n) is 3.28. The van der Waals surface area contributed by atoms with Gasteiger partial charge in [0.15, 0.2) is 0 Å². The second-order valence-corrected chi connectivity index (χ2v) is 6.18. The Hall–Kier alpha value is -1.55. The van der Waals surface area contributed by atoms with E-state index in [1.165, 1.54) is 11.1 Å². The maximum Gasteiger partial charge on any atom is 0.139 e. The highest BCUT2D eigenvalue weighted by molar-refractivity contribution is 9.10. The van der Waals surface area contributed by atoms with E-state index in [0.717, 1.165) is 30.9 Å². The van der Waals surface area contributed by atoms with Crippen molar-refractivity contribution in [2.24, 2.45) is 0 Å². The minimum atomic E-state index is -0.204. The van der Waals surface area contributed by atoms with Gasteiger partial charge in [-0.3, -0.25) is 0 Å². The first-order valence-corrected chi connectivity index (χ1v) is 7.61. The van der Waals surface area contributed by atoms with Gasteiger partial charge in [0.05, 0.1) is 21.9 Å². The number of benzene rings is 2. The molecule has 4 rings (SSSR count). The van der Waals surface area contributed by atoms with Crippen LogP contribution in [0.5, 0.6) is 0 Å². The highest BCUT2D eigenvalue weighted by Crippen LogP contribution is 2.42. The van der Waals surface area contributed by atoms with Crippen LogP contribution in [0, 0.1) is 5.82 Å². The molecule has 0 spiro atoms. The van der Waals surface area contributed by atoms with Crippen molar-refractivity contribution in [3.63, 3.8) is 0 Å². The van der Waals surface area contributed by atoms with Crippen LogP contribution in [0.15, 0.2) is 40.9 Å². The quantitative estimate of drug-likeness (QED) is 0.780. The van der Waals surface area contributed by atoms with Gasteiger partial charge in [-0.1, -0.05) is 24.3 Å². The summed E-state index contributed by atoms with van der Waals surface area (Å²) in [7, 11) is 0. The smallest absolute Gasteiger partial charge is 0.139 e. The lowest BCUT2D eigenvalue weighted by Gasteiger charge is -2.43. The summed E-state index contributed by atoms with van der Waals surface area (Å²) >= 11 is 3.25. The fourth-order valence-corrected chi connectivity index (χ4v) is 3.63. The zero-order valence-corrected chi connectivity index (χ0v) is 12.5.